The van der Waals surface area contributed by atoms with Crippen molar-refractivity contribution in [1.82, 2.24) is 14.6 Å². The molecule has 5 nitrogen and oxygen atoms in total. The summed E-state index contributed by atoms with van der Waals surface area (Å²) in [7, 11) is 0. The summed E-state index contributed by atoms with van der Waals surface area (Å²) in [6.07, 6.45) is 1.32. The van der Waals surface area contributed by atoms with E-state index in [1.165, 1.54) is 17.1 Å². The molecule has 25 heavy (non-hydrogen) atoms. The molecule has 126 valence electrons. The number of aliphatic hydroxyl groups excluding tert-OH is 1. The Hall–Kier alpha value is -2.57. The highest BCUT2D eigenvalue weighted by Crippen LogP contribution is 2.21. The standard InChI is InChI=1S/C19H17N3O2S/c23-16(13-25-19-21-20-18-7-3-4-10-22(18)19)12-24-17-9-8-14-5-1-2-6-15(14)11-17/h1-11,16,23H,12-13H2/t16-/m1/s1. The molecule has 0 radical (unpaired) electrons. The van der Waals surface area contributed by atoms with E-state index in [0.29, 0.717) is 5.75 Å². The third-order valence-electron chi connectivity index (χ3n) is 3.85. The minimum atomic E-state index is -0.590. The van der Waals surface area contributed by atoms with Crippen molar-refractivity contribution in [3.05, 3.63) is 66.9 Å². The molecule has 4 aromatic rings. The summed E-state index contributed by atoms with van der Waals surface area (Å²) in [6.45, 7) is 0.238. The third-order valence-corrected chi connectivity index (χ3v) is 4.94. The molecule has 6 heteroatoms. The summed E-state index contributed by atoms with van der Waals surface area (Å²) >= 11 is 1.46. The third kappa shape index (κ3) is 3.60. The Morgan fingerprint density at radius 2 is 1.84 bits per heavy atom. The van der Waals surface area contributed by atoms with Crippen LogP contribution in [0.5, 0.6) is 5.75 Å². The van der Waals surface area contributed by atoms with Crippen LogP contribution in [0.1, 0.15) is 0 Å². The van der Waals surface area contributed by atoms with E-state index >= 15 is 0 Å². The van der Waals surface area contributed by atoms with Crippen molar-refractivity contribution in [3.8, 4) is 5.75 Å². The van der Waals surface area contributed by atoms with Crippen LogP contribution in [0.2, 0.25) is 0 Å². The molecule has 0 aliphatic rings. The molecule has 0 aliphatic carbocycles. The normalized spacial score (nSPS) is 12.5. The number of aliphatic hydroxyl groups is 1. The maximum absolute atomic E-state index is 10.2. The monoisotopic (exact) mass is 351 g/mol. The number of hydrogen-bond acceptors (Lipinski definition) is 5. The Balaban J connectivity index is 1.34. The zero-order chi connectivity index (χ0) is 17.1. The highest BCUT2D eigenvalue weighted by Gasteiger charge is 2.10. The number of benzene rings is 2. The van der Waals surface area contributed by atoms with Gasteiger partial charge in [0.15, 0.2) is 10.8 Å². The maximum Gasteiger partial charge on any atom is 0.195 e. The van der Waals surface area contributed by atoms with Crippen LogP contribution < -0.4 is 4.74 Å². The molecule has 0 spiro atoms. The summed E-state index contributed by atoms with van der Waals surface area (Å²) < 4.78 is 7.63. The molecule has 0 saturated carbocycles. The molecule has 4 rings (SSSR count). The van der Waals surface area contributed by atoms with Gasteiger partial charge < -0.3 is 9.84 Å². The molecule has 2 aromatic carbocycles. The Morgan fingerprint density at radius 3 is 2.76 bits per heavy atom. The van der Waals surface area contributed by atoms with Crippen molar-refractivity contribution in [2.24, 2.45) is 0 Å². The van der Waals surface area contributed by atoms with E-state index in [0.717, 1.165) is 21.9 Å². The van der Waals surface area contributed by atoms with E-state index in [1.807, 2.05) is 65.2 Å². The summed E-state index contributed by atoms with van der Waals surface area (Å²) in [4.78, 5) is 0. The number of hydrogen-bond donors (Lipinski definition) is 1. The van der Waals surface area contributed by atoms with Crippen LogP contribution in [0.3, 0.4) is 0 Å². The molecule has 0 amide bonds. The van der Waals surface area contributed by atoms with Gasteiger partial charge in [0.05, 0.1) is 6.10 Å². The number of ether oxygens (including phenoxy) is 1. The lowest BCUT2D eigenvalue weighted by Crippen LogP contribution is -2.20. The molecule has 2 aromatic heterocycles. The zero-order valence-corrected chi connectivity index (χ0v) is 14.3. The van der Waals surface area contributed by atoms with Crippen LogP contribution in [0.25, 0.3) is 16.4 Å². The average molecular weight is 351 g/mol. The van der Waals surface area contributed by atoms with Gasteiger partial charge in [0.25, 0.3) is 0 Å². The van der Waals surface area contributed by atoms with Gasteiger partial charge in [-0.2, -0.15) is 0 Å². The highest BCUT2D eigenvalue weighted by molar-refractivity contribution is 7.99. The van der Waals surface area contributed by atoms with Gasteiger partial charge in [0.1, 0.15) is 12.4 Å². The second-order valence-electron chi connectivity index (χ2n) is 5.70. The molecule has 1 N–H and O–H groups in total. The van der Waals surface area contributed by atoms with Gasteiger partial charge in [-0.1, -0.05) is 48.2 Å². The van der Waals surface area contributed by atoms with E-state index < -0.39 is 6.10 Å². The van der Waals surface area contributed by atoms with Gasteiger partial charge in [-0.05, 0) is 35.0 Å². The number of nitrogens with zero attached hydrogens (tertiary/aromatic N) is 3. The van der Waals surface area contributed by atoms with Gasteiger partial charge >= 0.3 is 0 Å². The molecular weight excluding hydrogens is 334 g/mol. The van der Waals surface area contributed by atoms with Crippen LogP contribution in [-0.4, -0.2) is 38.2 Å². The summed E-state index contributed by atoms with van der Waals surface area (Å²) in [5.74, 6) is 1.25. The van der Waals surface area contributed by atoms with Crippen LogP contribution in [0, 0.1) is 0 Å². The Bertz CT molecular complexity index is 1000. The molecule has 2 heterocycles. The first kappa shape index (κ1) is 15.9. The van der Waals surface area contributed by atoms with Crippen molar-refractivity contribution >= 4 is 28.2 Å². The minimum Gasteiger partial charge on any atom is -0.491 e. The number of pyridine rings is 1. The fourth-order valence-electron chi connectivity index (χ4n) is 2.59. The average Bonchev–Trinajstić information content (AvgIpc) is 3.08. The van der Waals surface area contributed by atoms with Gasteiger partial charge in [-0.3, -0.25) is 4.40 Å². The van der Waals surface area contributed by atoms with Gasteiger partial charge in [-0.25, -0.2) is 0 Å². The van der Waals surface area contributed by atoms with E-state index in [-0.39, 0.29) is 6.61 Å². The van der Waals surface area contributed by atoms with Crippen molar-refractivity contribution in [2.75, 3.05) is 12.4 Å². The number of rotatable bonds is 6. The molecule has 0 unspecified atom stereocenters. The minimum absolute atomic E-state index is 0.238. The Labute approximate surface area is 149 Å². The van der Waals surface area contributed by atoms with E-state index in [9.17, 15) is 5.11 Å². The van der Waals surface area contributed by atoms with Crippen LogP contribution in [0.4, 0.5) is 0 Å². The Morgan fingerprint density at radius 1 is 1.00 bits per heavy atom. The quantitative estimate of drug-likeness (QED) is 0.540. The maximum atomic E-state index is 10.2. The fraction of sp³-hybridized carbons (Fsp3) is 0.158. The lowest BCUT2D eigenvalue weighted by molar-refractivity contribution is 0.126. The van der Waals surface area contributed by atoms with E-state index in [1.54, 1.807) is 0 Å². The predicted molar refractivity (Wildman–Crippen MR) is 99.2 cm³/mol. The van der Waals surface area contributed by atoms with Crippen molar-refractivity contribution in [1.29, 1.82) is 0 Å². The van der Waals surface area contributed by atoms with Gasteiger partial charge in [-0.15, -0.1) is 10.2 Å². The second kappa shape index (κ2) is 7.13. The largest absolute Gasteiger partial charge is 0.491 e. The topological polar surface area (TPSA) is 59.7 Å². The first-order valence-electron chi connectivity index (χ1n) is 8.02. The zero-order valence-electron chi connectivity index (χ0n) is 13.4. The molecule has 0 saturated heterocycles. The lowest BCUT2D eigenvalue weighted by Gasteiger charge is -2.12. The number of aromatic nitrogens is 3. The van der Waals surface area contributed by atoms with Crippen molar-refractivity contribution in [3.63, 3.8) is 0 Å². The number of thioether (sulfide) groups is 1. The van der Waals surface area contributed by atoms with Crippen LogP contribution >= 0.6 is 11.8 Å². The fourth-order valence-corrected chi connectivity index (χ4v) is 3.42. The highest BCUT2D eigenvalue weighted by atomic mass is 32.2. The molecule has 0 bridgehead atoms. The Kier molecular flexibility index (Phi) is 4.54. The van der Waals surface area contributed by atoms with Gasteiger partial charge in [0, 0.05) is 11.9 Å². The SMILES string of the molecule is O[C@H](COc1ccc2ccccc2c1)CSc1nnc2ccccn12. The summed E-state index contributed by atoms with van der Waals surface area (Å²) in [5, 5.41) is 21.5. The first-order valence-corrected chi connectivity index (χ1v) is 9.00. The summed E-state index contributed by atoms with van der Waals surface area (Å²) in [6, 6.07) is 19.8. The predicted octanol–water partition coefficient (Wildman–Crippen LogP) is 3.41. The molecule has 0 fully saturated rings. The van der Waals surface area contributed by atoms with Crippen LogP contribution in [0.15, 0.2) is 72.0 Å². The smallest absolute Gasteiger partial charge is 0.195 e. The van der Waals surface area contributed by atoms with E-state index in [4.69, 9.17) is 4.74 Å². The van der Waals surface area contributed by atoms with Crippen molar-refractivity contribution < 1.29 is 9.84 Å². The molecule has 1 atom stereocenters. The molecule has 0 aliphatic heterocycles. The second-order valence-corrected chi connectivity index (χ2v) is 6.68. The van der Waals surface area contributed by atoms with Crippen molar-refractivity contribution in [2.45, 2.75) is 11.3 Å². The van der Waals surface area contributed by atoms with Gasteiger partial charge in [0.2, 0.25) is 0 Å². The number of fused-ring (bicyclic) bond motifs is 2. The van der Waals surface area contributed by atoms with E-state index in [2.05, 4.69) is 16.3 Å². The molecular formula is C19H17N3O2S. The first-order chi connectivity index (χ1) is 12.3. The lowest BCUT2D eigenvalue weighted by atomic mass is 10.1. The summed E-state index contributed by atoms with van der Waals surface area (Å²) in [5.41, 5.74) is 0.798. The van der Waals surface area contributed by atoms with Crippen LogP contribution in [-0.2, 0) is 0 Å².